The third-order valence-corrected chi connectivity index (χ3v) is 3.34. The van der Waals surface area contributed by atoms with Gasteiger partial charge in [0.05, 0.1) is 18.5 Å². The average molecular weight is 224 g/mol. The highest BCUT2D eigenvalue weighted by molar-refractivity contribution is 5.06. The number of hydrogen-bond donors (Lipinski definition) is 1. The number of aromatic nitrogens is 1. The van der Waals surface area contributed by atoms with E-state index >= 15 is 0 Å². The standard InChI is InChI=1S/C12H17FN2O/c1-9-4-5-15(12(9)8-16)7-11-3-2-10(13)6-14-11/h2-3,6,9,12,16H,4-5,7-8H2,1H3/t9-,12-/m1/s1. The van der Waals surface area contributed by atoms with Crippen LogP contribution >= 0.6 is 0 Å². The zero-order valence-electron chi connectivity index (χ0n) is 9.43. The molecule has 4 heteroatoms. The van der Waals surface area contributed by atoms with Crippen molar-refractivity contribution in [2.24, 2.45) is 5.92 Å². The monoisotopic (exact) mass is 224 g/mol. The summed E-state index contributed by atoms with van der Waals surface area (Å²) in [6, 6.07) is 3.34. The first-order chi connectivity index (χ1) is 7.70. The first-order valence-electron chi connectivity index (χ1n) is 5.66. The third-order valence-electron chi connectivity index (χ3n) is 3.34. The van der Waals surface area contributed by atoms with Crippen LogP contribution in [0.3, 0.4) is 0 Å². The van der Waals surface area contributed by atoms with Gasteiger partial charge in [-0.3, -0.25) is 9.88 Å². The van der Waals surface area contributed by atoms with Crippen LogP contribution in [0.2, 0.25) is 0 Å². The number of pyridine rings is 1. The van der Waals surface area contributed by atoms with E-state index in [1.165, 1.54) is 12.3 Å². The van der Waals surface area contributed by atoms with Crippen molar-refractivity contribution in [1.29, 1.82) is 0 Å². The van der Waals surface area contributed by atoms with E-state index in [0.29, 0.717) is 12.5 Å². The molecule has 0 spiro atoms. The number of hydrogen-bond acceptors (Lipinski definition) is 3. The fourth-order valence-corrected chi connectivity index (χ4v) is 2.29. The Hall–Kier alpha value is -1.00. The smallest absolute Gasteiger partial charge is 0.141 e. The number of rotatable bonds is 3. The van der Waals surface area contributed by atoms with Crippen LogP contribution in [0.25, 0.3) is 0 Å². The Balaban J connectivity index is 2.01. The van der Waals surface area contributed by atoms with Crippen LogP contribution in [-0.2, 0) is 6.54 Å². The normalized spacial score (nSPS) is 26.2. The second-order valence-electron chi connectivity index (χ2n) is 4.45. The van der Waals surface area contributed by atoms with Crippen molar-refractivity contribution in [2.75, 3.05) is 13.2 Å². The number of aliphatic hydroxyl groups is 1. The first-order valence-corrected chi connectivity index (χ1v) is 5.66. The highest BCUT2D eigenvalue weighted by atomic mass is 19.1. The maximum absolute atomic E-state index is 12.7. The lowest BCUT2D eigenvalue weighted by Gasteiger charge is -2.24. The van der Waals surface area contributed by atoms with Crippen LogP contribution in [0.1, 0.15) is 19.0 Å². The zero-order valence-corrected chi connectivity index (χ0v) is 9.43. The molecule has 1 aromatic heterocycles. The van der Waals surface area contributed by atoms with Crippen molar-refractivity contribution >= 4 is 0 Å². The van der Waals surface area contributed by atoms with Crippen LogP contribution in [0, 0.1) is 11.7 Å². The third kappa shape index (κ3) is 2.39. The van der Waals surface area contributed by atoms with E-state index in [-0.39, 0.29) is 18.5 Å². The Kier molecular flexibility index (Phi) is 3.51. The highest BCUT2D eigenvalue weighted by Crippen LogP contribution is 2.24. The summed E-state index contributed by atoms with van der Waals surface area (Å²) in [6.45, 7) is 4.00. The Morgan fingerprint density at radius 2 is 2.38 bits per heavy atom. The van der Waals surface area contributed by atoms with Crippen molar-refractivity contribution < 1.29 is 9.50 Å². The second kappa shape index (κ2) is 4.89. The fraction of sp³-hybridized carbons (Fsp3) is 0.583. The van der Waals surface area contributed by atoms with Gasteiger partial charge < -0.3 is 5.11 Å². The molecule has 1 aromatic rings. The number of aliphatic hydroxyl groups excluding tert-OH is 1. The van der Waals surface area contributed by atoms with Crippen LogP contribution in [0.15, 0.2) is 18.3 Å². The lowest BCUT2D eigenvalue weighted by atomic mass is 10.0. The summed E-state index contributed by atoms with van der Waals surface area (Å²) in [7, 11) is 0. The minimum absolute atomic E-state index is 0.183. The number of likely N-dealkylation sites (tertiary alicyclic amines) is 1. The van der Waals surface area contributed by atoms with Gasteiger partial charge in [-0.25, -0.2) is 4.39 Å². The fourth-order valence-electron chi connectivity index (χ4n) is 2.29. The summed E-state index contributed by atoms with van der Waals surface area (Å²) in [5.74, 6) is 0.211. The molecule has 0 bridgehead atoms. The summed E-state index contributed by atoms with van der Waals surface area (Å²) in [4.78, 5) is 6.25. The predicted molar refractivity (Wildman–Crippen MR) is 59.3 cm³/mol. The molecule has 0 amide bonds. The van der Waals surface area contributed by atoms with Crippen LogP contribution in [-0.4, -0.2) is 34.2 Å². The molecular formula is C12H17FN2O. The van der Waals surface area contributed by atoms with Gasteiger partial charge in [-0.15, -0.1) is 0 Å². The van der Waals surface area contributed by atoms with Crippen molar-refractivity contribution in [1.82, 2.24) is 9.88 Å². The topological polar surface area (TPSA) is 36.4 Å². The van der Waals surface area contributed by atoms with Gasteiger partial charge in [0.2, 0.25) is 0 Å². The molecule has 0 saturated carbocycles. The van der Waals surface area contributed by atoms with Crippen LogP contribution in [0.4, 0.5) is 4.39 Å². The minimum Gasteiger partial charge on any atom is -0.395 e. The molecule has 2 atom stereocenters. The van der Waals surface area contributed by atoms with Crippen LogP contribution in [0.5, 0.6) is 0 Å². The van der Waals surface area contributed by atoms with Gasteiger partial charge in [-0.05, 0) is 31.0 Å². The van der Waals surface area contributed by atoms with Gasteiger partial charge in [0, 0.05) is 12.6 Å². The quantitative estimate of drug-likeness (QED) is 0.843. The number of halogens is 1. The summed E-state index contributed by atoms with van der Waals surface area (Å²) < 4.78 is 12.7. The molecule has 1 aliphatic heterocycles. The molecule has 2 rings (SSSR count). The van der Waals surface area contributed by atoms with Crippen molar-refractivity contribution in [3.63, 3.8) is 0 Å². The van der Waals surface area contributed by atoms with Gasteiger partial charge in [-0.1, -0.05) is 6.92 Å². The van der Waals surface area contributed by atoms with E-state index in [1.807, 2.05) is 0 Å². The Morgan fingerprint density at radius 3 is 3.00 bits per heavy atom. The molecule has 1 saturated heterocycles. The summed E-state index contributed by atoms with van der Waals surface area (Å²) in [5, 5.41) is 9.31. The van der Waals surface area contributed by atoms with Crippen molar-refractivity contribution in [2.45, 2.75) is 25.9 Å². The molecule has 2 heterocycles. The molecule has 88 valence electrons. The van der Waals surface area contributed by atoms with E-state index in [4.69, 9.17) is 0 Å². The van der Waals surface area contributed by atoms with E-state index < -0.39 is 0 Å². The highest BCUT2D eigenvalue weighted by Gasteiger charge is 2.30. The minimum atomic E-state index is -0.308. The molecule has 0 radical (unpaired) electrons. The van der Waals surface area contributed by atoms with Gasteiger partial charge >= 0.3 is 0 Å². The number of nitrogens with zero attached hydrogens (tertiary/aromatic N) is 2. The largest absolute Gasteiger partial charge is 0.395 e. The Bertz CT molecular complexity index is 341. The molecule has 0 aromatic carbocycles. The maximum atomic E-state index is 12.7. The lowest BCUT2D eigenvalue weighted by molar-refractivity contribution is 0.133. The summed E-state index contributed by atoms with van der Waals surface area (Å²) >= 11 is 0. The van der Waals surface area contributed by atoms with Gasteiger partial charge in [0.15, 0.2) is 0 Å². The van der Waals surface area contributed by atoms with E-state index in [0.717, 1.165) is 18.7 Å². The predicted octanol–water partition coefficient (Wildman–Crippen LogP) is 1.42. The molecule has 3 nitrogen and oxygen atoms in total. The SMILES string of the molecule is C[C@@H]1CCN(Cc2ccc(F)cn2)[C@@H]1CO. The van der Waals surface area contributed by atoms with Crippen molar-refractivity contribution in [3.8, 4) is 0 Å². The maximum Gasteiger partial charge on any atom is 0.141 e. The van der Waals surface area contributed by atoms with E-state index in [2.05, 4.69) is 16.8 Å². The average Bonchev–Trinajstić information content (AvgIpc) is 2.63. The molecular weight excluding hydrogens is 207 g/mol. The van der Waals surface area contributed by atoms with Gasteiger partial charge in [-0.2, -0.15) is 0 Å². The molecule has 0 aliphatic carbocycles. The lowest BCUT2D eigenvalue weighted by Crippen LogP contribution is -2.34. The molecule has 1 N–H and O–H groups in total. The first kappa shape index (κ1) is 11.5. The molecule has 16 heavy (non-hydrogen) atoms. The summed E-state index contributed by atoms with van der Waals surface area (Å²) in [5.41, 5.74) is 0.856. The molecule has 0 unspecified atom stereocenters. The zero-order chi connectivity index (χ0) is 11.5. The van der Waals surface area contributed by atoms with E-state index in [1.54, 1.807) is 6.07 Å². The Labute approximate surface area is 94.9 Å². The van der Waals surface area contributed by atoms with Gasteiger partial charge in [0.25, 0.3) is 0 Å². The van der Waals surface area contributed by atoms with Crippen molar-refractivity contribution in [3.05, 3.63) is 29.8 Å². The van der Waals surface area contributed by atoms with E-state index in [9.17, 15) is 9.50 Å². The van der Waals surface area contributed by atoms with Crippen LogP contribution < -0.4 is 0 Å². The summed E-state index contributed by atoms with van der Waals surface area (Å²) in [6.07, 6.45) is 2.34. The second-order valence-corrected chi connectivity index (χ2v) is 4.45. The molecule has 1 aliphatic rings. The molecule has 1 fully saturated rings. The Morgan fingerprint density at radius 1 is 1.56 bits per heavy atom. The van der Waals surface area contributed by atoms with Gasteiger partial charge in [0.1, 0.15) is 5.82 Å².